The molecule has 1 amide bonds. The van der Waals surface area contributed by atoms with Gasteiger partial charge in [0, 0.05) is 37.0 Å². The summed E-state index contributed by atoms with van der Waals surface area (Å²) in [5, 5.41) is 9.00. The standard InChI is InChI=1S/C15H26N4OS/c1-14(2,3)11-10-21-13(17-11)18-12(20)15(4,5)19-8-6-16-7-9-19/h10,16H,6-9H2,1-5H3,(H,17,18,20). The number of carbonyl (C=O) groups is 1. The molecular formula is C15H26N4OS. The normalized spacial score (nSPS) is 17.8. The van der Waals surface area contributed by atoms with Gasteiger partial charge in [0.05, 0.1) is 11.2 Å². The summed E-state index contributed by atoms with van der Waals surface area (Å²) in [7, 11) is 0. The Bertz CT molecular complexity index is 498. The van der Waals surface area contributed by atoms with Crippen LogP contribution in [0.25, 0.3) is 0 Å². The molecule has 0 aromatic carbocycles. The van der Waals surface area contributed by atoms with E-state index < -0.39 is 5.54 Å². The van der Waals surface area contributed by atoms with Gasteiger partial charge in [-0.3, -0.25) is 9.69 Å². The van der Waals surface area contributed by atoms with Crippen LogP contribution in [0.15, 0.2) is 5.38 Å². The fourth-order valence-corrected chi connectivity index (χ4v) is 3.23. The van der Waals surface area contributed by atoms with Crippen molar-refractivity contribution in [2.24, 2.45) is 0 Å². The van der Waals surface area contributed by atoms with E-state index in [1.807, 2.05) is 19.2 Å². The monoisotopic (exact) mass is 310 g/mol. The lowest BCUT2D eigenvalue weighted by Gasteiger charge is -2.39. The number of nitrogens with one attached hydrogen (secondary N) is 2. The Morgan fingerprint density at radius 2 is 1.90 bits per heavy atom. The molecule has 1 aromatic rings. The topological polar surface area (TPSA) is 57.3 Å². The van der Waals surface area contributed by atoms with E-state index in [0.717, 1.165) is 31.9 Å². The highest BCUT2D eigenvalue weighted by molar-refractivity contribution is 7.14. The number of carbonyl (C=O) groups excluding carboxylic acids is 1. The van der Waals surface area contributed by atoms with Crippen LogP contribution >= 0.6 is 11.3 Å². The number of amides is 1. The van der Waals surface area contributed by atoms with E-state index in [9.17, 15) is 4.79 Å². The van der Waals surface area contributed by atoms with Crippen LogP contribution in [0.1, 0.15) is 40.3 Å². The van der Waals surface area contributed by atoms with E-state index in [0.29, 0.717) is 5.13 Å². The third kappa shape index (κ3) is 3.81. The van der Waals surface area contributed by atoms with Crippen molar-refractivity contribution in [1.82, 2.24) is 15.2 Å². The summed E-state index contributed by atoms with van der Waals surface area (Å²) in [4.78, 5) is 19.3. The largest absolute Gasteiger partial charge is 0.314 e. The van der Waals surface area contributed by atoms with Crippen molar-refractivity contribution in [3.8, 4) is 0 Å². The van der Waals surface area contributed by atoms with E-state index >= 15 is 0 Å². The zero-order valence-corrected chi connectivity index (χ0v) is 14.4. The molecule has 6 heteroatoms. The van der Waals surface area contributed by atoms with Gasteiger partial charge in [-0.15, -0.1) is 11.3 Å². The lowest BCUT2D eigenvalue weighted by Crippen LogP contribution is -2.58. The minimum Gasteiger partial charge on any atom is -0.314 e. The number of nitrogens with zero attached hydrogens (tertiary/aromatic N) is 2. The molecule has 0 aliphatic carbocycles. The van der Waals surface area contributed by atoms with Crippen molar-refractivity contribution < 1.29 is 4.79 Å². The average Bonchev–Trinajstić information content (AvgIpc) is 2.88. The number of aromatic nitrogens is 1. The van der Waals surface area contributed by atoms with Gasteiger partial charge in [0.1, 0.15) is 0 Å². The molecule has 5 nitrogen and oxygen atoms in total. The van der Waals surface area contributed by atoms with Crippen LogP contribution < -0.4 is 10.6 Å². The fraction of sp³-hybridized carbons (Fsp3) is 0.733. The molecule has 0 bridgehead atoms. The van der Waals surface area contributed by atoms with Crippen molar-refractivity contribution >= 4 is 22.4 Å². The highest BCUT2D eigenvalue weighted by Gasteiger charge is 2.35. The van der Waals surface area contributed by atoms with E-state index in [4.69, 9.17) is 0 Å². The summed E-state index contributed by atoms with van der Waals surface area (Å²) in [6.07, 6.45) is 0. The first kappa shape index (κ1) is 16.4. The molecule has 0 spiro atoms. The SMILES string of the molecule is CC(C)(C)c1csc(NC(=O)C(C)(C)N2CCNCC2)n1. The third-order valence-corrected chi connectivity index (χ3v) is 4.71. The van der Waals surface area contributed by atoms with Gasteiger partial charge >= 0.3 is 0 Å². The minimum atomic E-state index is -0.518. The van der Waals surface area contributed by atoms with Crippen LogP contribution in [-0.2, 0) is 10.2 Å². The van der Waals surface area contributed by atoms with Crippen molar-refractivity contribution in [3.05, 3.63) is 11.1 Å². The fourth-order valence-electron chi connectivity index (χ4n) is 2.29. The van der Waals surface area contributed by atoms with Crippen LogP contribution in [0.2, 0.25) is 0 Å². The molecule has 1 saturated heterocycles. The predicted octanol–water partition coefficient (Wildman–Crippen LogP) is 2.06. The van der Waals surface area contributed by atoms with Crippen LogP contribution in [0.5, 0.6) is 0 Å². The second kappa shape index (κ2) is 6.02. The first-order chi connectivity index (χ1) is 9.71. The summed E-state index contributed by atoms with van der Waals surface area (Å²) < 4.78 is 0. The maximum absolute atomic E-state index is 12.6. The molecule has 2 N–H and O–H groups in total. The highest BCUT2D eigenvalue weighted by Crippen LogP contribution is 2.27. The molecule has 0 radical (unpaired) electrons. The summed E-state index contributed by atoms with van der Waals surface area (Å²) in [5.41, 5.74) is 0.506. The Morgan fingerprint density at radius 3 is 2.43 bits per heavy atom. The van der Waals surface area contributed by atoms with Gasteiger partial charge < -0.3 is 10.6 Å². The number of piperazine rings is 1. The van der Waals surface area contributed by atoms with Gasteiger partial charge in [-0.2, -0.15) is 0 Å². The Kier molecular flexibility index (Phi) is 4.70. The predicted molar refractivity (Wildman–Crippen MR) is 88.0 cm³/mol. The molecule has 118 valence electrons. The zero-order valence-electron chi connectivity index (χ0n) is 13.6. The summed E-state index contributed by atoms with van der Waals surface area (Å²) >= 11 is 1.49. The molecule has 1 aliphatic rings. The van der Waals surface area contributed by atoms with E-state index in [-0.39, 0.29) is 11.3 Å². The molecule has 0 unspecified atom stereocenters. The van der Waals surface area contributed by atoms with Gasteiger partial charge in [-0.05, 0) is 13.8 Å². The van der Waals surface area contributed by atoms with Crippen LogP contribution in [0.3, 0.4) is 0 Å². The lowest BCUT2D eigenvalue weighted by atomic mass is 9.93. The quantitative estimate of drug-likeness (QED) is 0.897. The number of anilines is 1. The molecule has 21 heavy (non-hydrogen) atoms. The maximum Gasteiger partial charge on any atom is 0.246 e. The molecule has 1 aliphatic heterocycles. The molecule has 2 heterocycles. The van der Waals surface area contributed by atoms with Crippen LogP contribution in [0, 0.1) is 0 Å². The van der Waals surface area contributed by atoms with E-state index in [2.05, 4.69) is 41.3 Å². The molecule has 2 rings (SSSR count). The maximum atomic E-state index is 12.6. The Labute approximate surface area is 131 Å². The second-order valence-electron chi connectivity index (χ2n) is 7.04. The van der Waals surface area contributed by atoms with Gasteiger partial charge in [0.15, 0.2) is 5.13 Å². The minimum absolute atomic E-state index is 0.00747. The first-order valence-electron chi connectivity index (χ1n) is 7.44. The van der Waals surface area contributed by atoms with Gasteiger partial charge in [-0.1, -0.05) is 20.8 Å². The second-order valence-corrected chi connectivity index (χ2v) is 7.90. The third-order valence-electron chi connectivity index (χ3n) is 3.96. The number of thiazole rings is 1. The number of rotatable bonds is 3. The Balaban J connectivity index is 2.04. The molecule has 0 saturated carbocycles. The molecule has 0 atom stereocenters. The Hall–Kier alpha value is -0.980. The van der Waals surface area contributed by atoms with E-state index in [1.165, 1.54) is 11.3 Å². The molecular weight excluding hydrogens is 284 g/mol. The molecule has 1 fully saturated rings. The van der Waals surface area contributed by atoms with Crippen molar-refractivity contribution in [2.45, 2.75) is 45.6 Å². The first-order valence-corrected chi connectivity index (χ1v) is 8.32. The van der Waals surface area contributed by atoms with Crippen molar-refractivity contribution in [3.63, 3.8) is 0 Å². The lowest BCUT2D eigenvalue weighted by molar-refractivity contribution is -0.126. The van der Waals surface area contributed by atoms with Gasteiger partial charge in [0.2, 0.25) is 5.91 Å². The summed E-state index contributed by atoms with van der Waals surface area (Å²) in [6.45, 7) is 14.0. The summed E-state index contributed by atoms with van der Waals surface area (Å²) in [5.74, 6) is 0.0132. The smallest absolute Gasteiger partial charge is 0.246 e. The number of hydrogen-bond acceptors (Lipinski definition) is 5. The van der Waals surface area contributed by atoms with E-state index in [1.54, 1.807) is 0 Å². The van der Waals surface area contributed by atoms with Crippen LogP contribution in [-0.4, -0.2) is 47.5 Å². The van der Waals surface area contributed by atoms with Crippen molar-refractivity contribution in [1.29, 1.82) is 0 Å². The van der Waals surface area contributed by atoms with Gasteiger partial charge in [0.25, 0.3) is 0 Å². The highest BCUT2D eigenvalue weighted by atomic mass is 32.1. The average molecular weight is 310 g/mol. The van der Waals surface area contributed by atoms with Crippen LogP contribution in [0.4, 0.5) is 5.13 Å². The number of hydrogen-bond donors (Lipinski definition) is 2. The Morgan fingerprint density at radius 1 is 1.29 bits per heavy atom. The molecule has 1 aromatic heterocycles. The van der Waals surface area contributed by atoms with Crippen molar-refractivity contribution in [2.75, 3.05) is 31.5 Å². The van der Waals surface area contributed by atoms with Gasteiger partial charge in [-0.25, -0.2) is 4.98 Å². The summed E-state index contributed by atoms with van der Waals surface area (Å²) in [6, 6.07) is 0. The zero-order chi connectivity index (χ0) is 15.7.